The van der Waals surface area contributed by atoms with E-state index in [0.29, 0.717) is 0 Å². The molecule has 0 saturated carbocycles. The lowest BCUT2D eigenvalue weighted by Crippen LogP contribution is -2.30. The third kappa shape index (κ3) is 6.60. The van der Waals surface area contributed by atoms with Gasteiger partial charge >= 0.3 is 0 Å². The van der Waals surface area contributed by atoms with Crippen LogP contribution in [0.4, 0.5) is 0 Å². The molecule has 1 aliphatic rings. The summed E-state index contributed by atoms with van der Waals surface area (Å²) in [7, 11) is 0. The van der Waals surface area contributed by atoms with Crippen LogP contribution >= 0.6 is 0 Å². The summed E-state index contributed by atoms with van der Waals surface area (Å²) in [4.78, 5) is 2.47. The molecule has 13 heavy (non-hydrogen) atoms. The minimum Gasteiger partial charge on any atom is -0.303 e. The topological polar surface area (TPSA) is 27.0 Å². The maximum Gasteiger partial charge on any atom is 0.0622 e. The van der Waals surface area contributed by atoms with Gasteiger partial charge in [-0.15, -0.1) is 0 Å². The fourth-order valence-corrected chi connectivity index (χ4v) is 1.56. The predicted molar refractivity (Wildman–Crippen MR) is 56.5 cm³/mol. The molecule has 0 spiro atoms. The highest BCUT2D eigenvalue weighted by Crippen LogP contribution is 2.08. The summed E-state index contributed by atoms with van der Waals surface area (Å²) in [6, 6.07) is 2.18. The number of nitriles is 1. The Labute approximate surface area is 82.5 Å². The summed E-state index contributed by atoms with van der Waals surface area (Å²) < 4.78 is 0. The second kappa shape index (κ2) is 9.54. The largest absolute Gasteiger partial charge is 0.303 e. The van der Waals surface area contributed by atoms with Crippen molar-refractivity contribution in [3.63, 3.8) is 0 Å². The molecule has 0 unspecified atom stereocenters. The fourth-order valence-electron chi connectivity index (χ4n) is 1.56. The van der Waals surface area contributed by atoms with E-state index in [1.54, 1.807) is 0 Å². The summed E-state index contributed by atoms with van der Waals surface area (Å²) in [6.07, 6.45) is 5.88. The zero-order valence-electron chi connectivity index (χ0n) is 9.05. The molecule has 1 fully saturated rings. The van der Waals surface area contributed by atoms with E-state index < -0.39 is 0 Å². The molecule has 0 atom stereocenters. The monoisotopic (exact) mass is 182 g/mol. The van der Waals surface area contributed by atoms with E-state index in [1.807, 2.05) is 13.8 Å². The molecule has 0 amide bonds. The van der Waals surface area contributed by atoms with Gasteiger partial charge < -0.3 is 4.90 Å². The highest BCUT2D eigenvalue weighted by molar-refractivity contribution is 4.71. The lowest BCUT2D eigenvalue weighted by Gasteiger charge is -2.25. The predicted octanol–water partition coefficient (Wildman–Crippen LogP) is 2.80. The van der Waals surface area contributed by atoms with Crippen molar-refractivity contribution >= 4 is 0 Å². The van der Waals surface area contributed by atoms with Crippen LogP contribution in [0.15, 0.2) is 0 Å². The van der Waals surface area contributed by atoms with Crippen LogP contribution in [-0.2, 0) is 0 Å². The Morgan fingerprint density at radius 1 is 1.15 bits per heavy atom. The molecule has 0 radical (unpaired) electrons. The molecule has 0 aromatic rings. The minimum atomic E-state index is 0.719. The van der Waals surface area contributed by atoms with Crippen molar-refractivity contribution in [1.29, 1.82) is 5.26 Å². The van der Waals surface area contributed by atoms with Crippen molar-refractivity contribution in [3.05, 3.63) is 0 Å². The molecule has 1 heterocycles. The van der Waals surface area contributed by atoms with Crippen molar-refractivity contribution in [3.8, 4) is 6.07 Å². The van der Waals surface area contributed by atoms with Crippen LogP contribution < -0.4 is 0 Å². The lowest BCUT2D eigenvalue weighted by atomic mass is 10.1. The lowest BCUT2D eigenvalue weighted by molar-refractivity contribution is 0.227. The molecule has 1 aliphatic heterocycles. The summed E-state index contributed by atoms with van der Waals surface area (Å²) in [5.74, 6) is 0. The highest BCUT2D eigenvalue weighted by atomic mass is 15.1. The number of rotatable bonds is 3. The van der Waals surface area contributed by atoms with Gasteiger partial charge in [-0.05, 0) is 38.9 Å². The normalized spacial score (nSPS) is 17.0. The zero-order valence-corrected chi connectivity index (χ0v) is 9.05. The van der Waals surface area contributed by atoms with Gasteiger partial charge in [0.15, 0.2) is 0 Å². The number of unbranched alkanes of at least 4 members (excludes halogenated alkanes) is 1. The fraction of sp³-hybridized carbons (Fsp3) is 0.909. The van der Waals surface area contributed by atoms with Crippen molar-refractivity contribution in [2.45, 2.75) is 46.0 Å². The van der Waals surface area contributed by atoms with Gasteiger partial charge in [0.2, 0.25) is 0 Å². The van der Waals surface area contributed by atoms with Crippen molar-refractivity contribution < 1.29 is 0 Å². The second-order valence-corrected chi connectivity index (χ2v) is 3.16. The van der Waals surface area contributed by atoms with E-state index in [-0.39, 0.29) is 0 Å². The van der Waals surface area contributed by atoms with Gasteiger partial charge in [0.1, 0.15) is 0 Å². The van der Waals surface area contributed by atoms with E-state index in [1.165, 1.54) is 32.4 Å². The molecule has 2 nitrogen and oxygen atoms in total. The molecule has 2 heteroatoms. The molecule has 0 bridgehead atoms. The molecule has 0 N–H and O–H groups in total. The first-order chi connectivity index (χ1) is 6.43. The maximum absolute atomic E-state index is 8.33. The Morgan fingerprint density at radius 3 is 2.31 bits per heavy atom. The first-order valence-corrected chi connectivity index (χ1v) is 5.53. The summed E-state index contributed by atoms with van der Waals surface area (Å²) in [6.45, 7) is 7.64. The van der Waals surface area contributed by atoms with E-state index >= 15 is 0 Å². The summed E-state index contributed by atoms with van der Waals surface area (Å²) in [5, 5.41) is 8.33. The molecule has 0 aromatic carbocycles. The Bertz CT molecular complexity index is 132. The Balaban J connectivity index is 0.000000671. The molecular formula is C11H22N2. The number of likely N-dealkylation sites (tertiary alicyclic amines) is 1. The highest BCUT2D eigenvalue weighted by Gasteiger charge is 2.08. The smallest absolute Gasteiger partial charge is 0.0622 e. The van der Waals surface area contributed by atoms with Gasteiger partial charge in [0.25, 0.3) is 0 Å². The molecular weight excluding hydrogens is 160 g/mol. The van der Waals surface area contributed by atoms with Gasteiger partial charge in [-0.3, -0.25) is 0 Å². The third-order valence-electron chi connectivity index (χ3n) is 2.21. The van der Waals surface area contributed by atoms with E-state index in [4.69, 9.17) is 5.26 Å². The first-order valence-electron chi connectivity index (χ1n) is 5.53. The van der Waals surface area contributed by atoms with Crippen LogP contribution in [-0.4, -0.2) is 24.5 Å². The molecule has 0 aromatic heterocycles. The first kappa shape index (κ1) is 12.4. The molecule has 76 valence electrons. The minimum absolute atomic E-state index is 0.719. The van der Waals surface area contributed by atoms with Gasteiger partial charge in [-0.25, -0.2) is 0 Å². The SMILES string of the molecule is CC.N#CCCCN1CCCCC1. The Kier molecular flexibility index (Phi) is 9.13. The molecule has 1 rings (SSSR count). The van der Waals surface area contributed by atoms with E-state index in [0.717, 1.165) is 19.4 Å². The Morgan fingerprint density at radius 2 is 1.77 bits per heavy atom. The Hall–Kier alpha value is -0.550. The number of piperidine rings is 1. The zero-order chi connectivity index (χ0) is 9.94. The number of hydrogen-bond donors (Lipinski definition) is 0. The van der Waals surface area contributed by atoms with Crippen molar-refractivity contribution in [2.75, 3.05) is 19.6 Å². The van der Waals surface area contributed by atoms with E-state index in [2.05, 4.69) is 11.0 Å². The van der Waals surface area contributed by atoms with Crippen LogP contribution in [0.2, 0.25) is 0 Å². The number of nitrogens with zero attached hydrogens (tertiary/aromatic N) is 2. The van der Waals surface area contributed by atoms with Gasteiger partial charge in [-0.2, -0.15) is 5.26 Å². The van der Waals surface area contributed by atoms with Crippen molar-refractivity contribution in [2.24, 2.45) is 0 Å². The number of hydrogen-bond acceptors (Lipinski definition) is 2. The van der Waals surface area contributed by atoms with Gasteiger partial charge in [-0.1, -0.05) is 20.3 Å². The second-order valence-electron chi connectivity index (χ2n) is 3.16. The van der Waals surface area contributed by atoms with Crippen LogP contribution in [0.25, 0.3) is 0 Å². The maximum atomic E-state index is 8.33. The average molecular weight is 182 g/mol. The van der Waals surface area contributed by atoms with Crippen LogP contribution in [0, 0.1) is 11.3 Å². The van der Waals surface area contributed by atoms with Crippen LogP contribution in [0.3, 0.4) is 0 Å². The summed E-state index contributed by atoms with van der Waals surface area (Å²) >= 11 is 0. The summed E-state index contributed by atoms with van der Waals surface area (Å²) in [5.41, 5.74) is 0. The standard InChI is InChI=1S/C9H16N2.C2H6/c10-6-2-5-9-11-7-3-1-4-8-11;1-2/h1-5,7-9H2;1-2H3. The van der Waals surface area contributed by atoms with Crippen LogP contribution in [0.5, 0.6) is 0 Å². The third-order valence-corrected chi connectivity index (χ3v) is 2.21. The molecule has 0 aliphatic carbocycles. The van der Waals surface area contributed by atoms with Gasteiger partial charge in [0, 0.05) is 6.42 Å². The van der Waals surface area contributed by atoms with Crippen LogP contribution in [0.1, 0.15) is 46.0 Å². The van der Waals surface area contributed by atoms with Crippen molar-refractivity contribution in [1.82, 2.24) is 4.90 Å². The van der Waals surface area contributed by atoms with E-state index in [9.17, 15) is 0 Å². The van der Waals surface area contributed by atoms with Gasteiger partial charge in [0.05, 0.1) is 6.07 Å². The average Bonchev–Trinajstić information content (AvgIpc) is 2.23. The molecule has 1 saturated heterocycles. The quantitative estimate of drug-likeness (QED) is 0.627.